The molecule has 1 heterocycles. The fourth-order valence-corrected chi connectivity index (χ4v) is 2.72. The third-order valence-electron chi connectivity index (χ3n) is 4.04. The summed E-state index contributed by atoms with van der Waals surface area (Å²) in [6.45, 7) is 2.36. The van der Waals surface area contributed by atoms with Gasteiger partial charge in [-0.25, -0.2) is 0 Å². The van der Waals surface area contributed by atoms with Gasteiger partial charge in [-0.3, -0.25) is 0 Å². The topological polar surface area (TPSA) is 12.0 Å². The van der Waals surface area contributed by atoms with Crippen LogP contribution in [0.15, 0.2) is 24.3 Å². The molecule has 0 bridgehead atoms. The molecule has 80 valence electrons. The minimum atomic E-state index is 0.764. The smallest absolute Gasteiger partial charge is 0.00206 e. The lowest BCUT2D eigenvalue weighted by Crippen LogP contribution is -2.10. The van der Waals surface area contributed by atoms with Gasteiger partial charge >= 0.3 is 0 Å². The van der Waals surface area contributed by atoms with Gasteiger partial charge in [0.05, 0.1) is 0 Å². The highest BCUT2D eigenvalue weighted by Crippen LogP contribution is 2.36. The molecule has 1 aromatic carbocycles. The molecule has 1 saturated carbocycles. The van der Waals surface area contributed by atoms with Crippen LogP contribution in [0.2, 0.25) is 0 Å². The highest BCUT2D eigenvalue weighted by atomic mass is 14.9. The van der Waals surface area contributed by atoms with Crippen LogP contribution in [0.5, 0.6) is 0 Å². The van der Waals surface area contributed by atoms with Gasteiger partial charge in [0.2, 0.25) is 0 Å². The Labute approximate surface area is 91.9 Å². The third-order valence-corrected chi connectivity index (χ3v) is 4.04. The Bertz CT molecular complexity index is 318. The van der Waals surface area contributed by atoms with Crippen LogP contribution in [0.25, 0.3) is 0 Å². The summed E-state index contributed by atoms with van der Waals surface area (Å²) >= 11 is 0. The van der Waals surface area contributed by atoms with Crippen molar-refractivity contribution in [2.45, 2.75) is 37.5 Å². The summed E-state index contributed by atoms with van der Waals surface area (Å²) in [5, 5.41) is 3.43. The molecule has 2 aliphatic rings. The quantitative estimate of drug-likeness (QED) is 0.775. The number of nitrogens with one attached hydrogen (secondary N) is 1. The molecular formula is C14H19N. The van der Waals surface area contributed by atoms with E-state index in [1.54, 1.807) is 5.56 Å². The van der Waals surface area contributed by atoms with Crippen LogP contribution >= 0.6 is 0 Å². The van der Waals surface area contributed by atoms with Crippen molar-refractivity contribution in [3.05, 3.63) is 35.4 Å². The molecule has 1 aliphatic carbocycles. The van der Waals surface area contributed by atoms with Gasteiger partial charge in [-0.2, -0.15) is 0 Å². The van der Waals surface area contributed by atoms with Gasteiger partial charge < -0.3 is 5.32 Å². The molecule has 1 N–H and O–H groups in total. The number of hydrogen-bond donors (Lipinski definition) is 1. The Balaban J connectivity index is 1.74. The standard InChI is InChI=1S/C14H19N/c1-2-11(3-1)12-4-6-13(7-5-12)14-8-9-15-10-14/h4-7,11,14-15H,1-3,8-10H2. The number of hydrogen-bond acceptors (Lipinski definition) is 1. The van der Waals surface area contributed by atoms with E-state index in [0.717, 1.165) is 11.8 Å². The highest BCUT2D eigenvalue weighted by molar-refractivity contribution is 5.29. The maximum absolute atomic E-state index is 3.43. The zero-order chi connectivity index (χ0) is 10.1. The molecule has 0 aromatic heterocycles. The van der Waals surface area contributed by atoms with Crippen molar-refractivity contribution in [2.75, 3.05) is 13.1 Å². The van der Waals surface area contributed by atoms with Crippen molar-refractivity contribution in [1.82, 2.24) is 5.32 Å². The molecule has 1 heteroatoms. The van der Waals surface area contributed by atoms with Gasteiger partial charge in [0, 0.05) is 6.54 Å². The first kappa shape index (κ1) is 9.41. The summed E-state index contributed by atoms with van der Waals surface area (Å²) in [5.41, 5.74) is 3.10. The van der Waals surface area contributed by atoms with Crippen LogP contribution in [0, 0.1) is 0 Å². The molecule has 0 radical (unpaired) electrons. The molecule has 1 aromatic rings. The van der Waals surface area contributed by atoms with E-state index in [9.17, 15) is 0 Å². The molecule has 0 spiro atoms. The number of rotatable bonds is 2. The first-order valence-corrected chi connectivity index (χ1v) is 6.24. The summed E-state index contributed by atoms with van der Waals surface area (Å²) in [4.78, 5) is 0. The summed E-state index contributed by atoms with van der Waals surface area (Å²) in [5.74, 6) is 1.64. The molecular weight excluding hydrogens is 182 g/mol. The average Bonchev–Trinajstić information content (AvgIpc) is 2.69. The summed E-state index contributed by atoms with van der Waals surface area (Å²) in [7, 11) is 0. The van der Waals surface area contributed by atoms with Crippen LogP contribution in [0.4, 0.5) is 0 Å². The minimum absolute atomic E-state index is 0.764. The number of benzene rings is 1. The predicted octanol–water partition coefficient (Wildman–Crippen LogP) is 3.03. The second kappa shape index (κ2) is 3.97. The molecule has 3 rings (SSSR count). The SMILES string of the molecule is c1cc(C2CCNC2)ccc1C1CCC1. The average molecular weight is 201 g/mol. The van der Waals surface area contributed by atoms with Gasteiger partial charge in [-0.1, -0.05) is 30.7 Å². The molecule has 1 nitrogen and oxygen atoms in total. The third kappa shape index (κ3) is 1.81. The van der Waals surface area contributed by atoms with Gasteiger partial charge in [0.15, 0.2) is 0 Å². The van der Waals surface area contributed by atoms with Crippen LogP contribution in [-0.4, -0.2) is 13.1 Å². The maximum atomic E-state index is 3.43. The van der Waals surface area contributed by atoms with Crippen molar-refractivity contribution in [3.63, 3.8) is 0 Å². The van der Waals surface area contributed by atoms with E-state index in [1.165, 1.54) is 44.3 Å². The fraction of sp³-hybridized carbons (Fsp3) is 0.571. The van der Waals surface area contributed by atoms with Crippen molar-refractivity contribution in [1.29, 1.82) is 0 Å². The fourth-order valence-electron chi connectivity index (χ4n) is 2.72. The van der Waals surface area contributed by atoms with Gasteiger partial charge in [0.1, 0.15) is 0 Å². The molecule has 1 unspecified atom stereocenters. The second-order valence-electron chi connectivity index (χ2n) is 4.98. The molecule has 15 heavy (non-hydrogen) atoms. The Morgan fingerprint density at radius 1 is 0.867 bits per heavy atom. The first-order valence-electron chi connectivity index (χ1n) is 6.24. The maximum Gasteiger partial charge on any atom is 0.00206 e. The normalized spacial score (nSPS) is 26.5. The van der Waals surface area contributed by atoms with Gasteiger partial charge in [-0.05, 0) is 48.8 Å². The molecule has 1 saturated heterocycles. The minimum Gasteiger partial charge on any atom is -0.316 e. The van der Waals surface area contributed by atoms with Gasteiger partial charge in [0.25, 0.3) is 0 Å². The van der Waals surface area contributed by atoms with Crippen LogP contribution < -0.4 is 5.32 Å². The van der Waals surface area contributed by atoms with E-state index in [4.69, 9.17) is 0 Å². The van der Waals surface area contributed by atoms with Crippen molar-refractivity contribution >= 4 is 0 Å². The van der Waals surface area contributed by atoms with Crippen molar-refractivity contribution in [3.8, 4) is 0 Å². The highest BCUT2D eigenvalue weighted by Gasteiger charge is 2.20. The van der Waals surface area contributed by atoms with E-state index in [-0.39, 0.29) is 0 Å². The first-order chi connectivity index (χ1) is 7.43. The zero-order valence-corrected chi connectivity index (χ0v) is 9.21. The Kier molecular flexibility index (Phi) is 2.49. The van der Waals surface area contributed by atoms with E-state index in [2.05, 4.69) is 29.6 Å². The van der Waals surface area contributed by atoms with Crippen molar-refractivity contribution < 1.29 is 0 Å². The lowest BCUT2D eigenvalue weighted by atomic mass is 9.79. The van der Waals surface area contributed by atoms with Crippen molar-refractivity contribution in [2.24, 2.45) is 0 Å². The van der Waals surface area contributed by atoms with Crippen LogP contribution in [0.1, 0.15) is 48.6 Å². The second-order valence-corrected chi connectivity index (χ2v) is 4.98. The summed E-state index contributed by atoms with van der Waals surface area (Å²) in [6, 6.07) is 9.42. The summed E-state index contributed by atoms with van der Waals surface area (Å²) in [6.07, 6.45) is 5.55. The Hall–Kier alpha value is -0.820. The predicted molar refractivity (Wildman–Crippen MR) is 63.3 cm³/mol. The molecule has 2 fully saturated rings. The zero-order valence-electron chi connectivity index (χ0n) is 9.21. The van der Waals surface area contributed by atoms with E-state index in [1.807, 2.05) is 0 Å². The largest absolute Gasteiger partial charge is 0.316 e. The molecule has 0 amide bonds. The molecule has 1 aliphatic heterocycles. The Morgan fingerprint density at radius 3 is 2.00 bits per heavy atom. The van der Waals surface area contributed by atoms with Gasteiger partial charge in [-0.15, -0.1) is 0 Å². The summed E-state index contributed by atoms with van der Waals surface area (Å²) < 4.78 is 0. The van der Waals surface area contributed by atoms with Crippen LogP contribution in [0.3, 0.4) is 0 Å². The van der Waals surface area contributed by atoms with E-state index >= 15 is 0 Å². The van der Waals surface area contributed by atoms with E-state index in [0.29, 0.717) is 0 Å². The Morgan fingerprint density at radius 2 is 1.53 bits per heavy atom. The molecule has 1 atom stereocenters. The monoisotopic (exact) mass is 201 g/mol. The van der Waals surface area contributed by atoms with Crippen LogP contribution in [-0.2, 0) is 0 Å². The lowest BCUT2D eigenvalue weighted by molar-refractivity contribution is 0.419. The lowest BCUT2D eigenvalue weighted by Gasteiger charge is -2.26. The van der Waals surface area contributed by atoms with E-state index < -0.39 is 0 Å².